The van der Waals surface area contributed by atoms with E-state index in [1.165, 1.54) is 0 Å². The molecule has 0 saturated heterocycles. The zero-order valence-corrected chi connectivity index (χ0v) is 20.7. The molecule has 1 aliphatic heterocycles. The van der Waals surface area contributed by atoms with Gasteiger partial charge in [-0.3, -0.25) is 9.59 Å². The van der Waals surface area contributed by atoms with Crippen LogP contribution in [0.5, 0.6) is 11.5 Å². The second-order valence-electron chi connectivity index (χ2n) is 10.2. The minimum atomic E-state index is -0.437. The maximum absolute atomic E-state index is 13.5. The molecule has 0 saturated carbocycles. The monoisotopic (exact) mass is 482 g/mol. The van der Waals surface area contributed by atoms with E-state index in [0.717, 1.165) is 22.6 Å². The average Bonchev–Trinajstić information content (AvgIpc) is 3.01. The van der Waals surface area contributed by atoms with Crippen LogP contribution < -0.4 is 15.4 Å². The predicted octanol–water partition coefficient (Wildman–Crippen LogP) is 6.24. The van der Waals surface area contributed by atoms with Crippen molar-refractivity contribution in [2.24, 2.45) is 5.41 Å². The van der Waals surface area contributed by atoms with Gasteiger partial charge in [0.2, 0.25) is 0 Å². The Kier molecular flexibility index (Phi) is 6.04. The smallest absolute Gasteiger partial charge is 0.193 e. The number of ether oxygens (including phenoxy) is 1. The standard InChI is InChI=1S/C30H30N2O4/c1-4-36-26-15-19(11-13-24(26)33)28-27-23(16-30(2,3)17-25(27)34)31-22-14-20(10-12-21(22)32-28)29(35)18-8-6-5-7-9-18/h5-15,28,31-33H,4,16-17H2,1-3H3. The maximum atomic E-state index is 13.5. The van der Waals surface area contributed by atoms with E-state index < -0.39 is 6.04 Å². The molecule has 6 nitrogen and oxygen atoms in total. The summed E-state index contributed by atoms with van der Waals surface area (Å²) >= 11 is 0. The van der Waals surface area contributed by atoms with Crippen molar-refractivity contribution in [3.05, 3.63) is 94.7 Å². The van der Waals surface area contributed by atoms with Gasteiger partial charge < -0.3 is 20.5 Å². The fraction of sp³-hybridized carbons (Fsp3) is 0.267. The molecule has 0 fully saturated rings. The van der Waals surface area contributed by atoms with Crippen LogP contribution in [0.2, 0.25) is 0 Å². The third-order valence-electron chi connectivity index (χ3n) is 6.73. The van der Waals surface area contributed by atoms with Crippen molar-refractivity contribution >= 4 is 22.9 Å². The number of aromatic hydroxyl groups is 1. The van der Waals surface area contributed by atoms with Gasteiger partial charge in [0.1, 0.15) is 0 Å². The van der Waals surface area contributed by atoms with Crippen molar-refractivity contribution in [3.63, 3.8) is 0 Å². The highest BCUT2D eigenvalue weighted by molar-refractivity contribution is 6.10. The van der Waals surface area contributed by atoms with Gasteiger partial charge in [0.25, 0.3) is 0 Å². The van der Waals surface area contributed by atoms with Crippen LogP contribution in [0, 0.1) is 5.41 Å². The van der Waals surface area contributed by atoms with Crippen LogP contribution in [-0.4, -0.2) is 23.3 Å². The van der Waals surface area contributed by atoms with E-state index in [1.807, 2.05) is 43.3 Å². The van der Waals surface area contributed by atoms with Gasteiger partial charge in [-0.15, -0.1) is 0 Å². The number of hydrogen-bond donors (Lipinski definition) is 3. The summed E-state index contributed by atoms with van der Waals surface area (Å²) in [6.07, 6.45) is 1.13. The average molecular weight is 483 g/mol. The van der Waals surface area contributed by atoms with Gasteiger partial charge in [-0.25, -0.2) is 0 Å². The van der Waals surface area contributed by atoms with Crippen molar-refractivity contribution in [1.29, 1.82) is 0 Å². The van der Waals surface area contributed by atoms with E-state index in [4.69, 9.17) is 4.74 Å². The molecule has 0 spiro atoms. The molecule has 184 valence electrons. The zero-order chi connectivity index (χ0) is 25.4. The number of fused-ring (bicyclic) bond motifs is 1. The van der Waals surface area contributed by atoms with Crippen molar-refractivity contribution in [2.75, 3.05) is 17.2 Å². The van der Waals surface area contributed by atoms with Gasteiger partial charge in [0.15, 0.2) is 23.1 Å². The summed E-state index contributed by atoms with van der Waals surface area (Å²) in [6.45, 7) is 6.46. The molecule has 1 heterocycles. The Hall–Kier alpha value is -4.06. The summed E-state index contributed by atoms with van der Waals surface area (Å²) in [6, 6.07) is 19.5. The van der Waals surface area contributed by atoms with Gasteiger partial charge in [0.05, 0.1) is 24.0 Å². The quantitative estimate of drug-likeness (QED) is 0.373. The van der Waals surface area contributed by atoms with Crippen molar-refractivity contribution in [1.82, 2.24) is 0 Å². The van der Waals surface area contributed by atoms with Crippen LogP contribution in [0.15, 0.2) is 78.0 Å². The minimum Gasteiger partial charge on any atom is -0.504 e. The first-order chi connectivity index (χ1) is 17.3. The first-order valence-electron chi connectivity index (χ1n) is 12.2. The number of carbonyl (C=O) groups excluding carboxylic acids is 2. The van der Waals surface area contributed by atoms with E-state index in [2.05, 4.69) is 24.5 Å². The number of Topliss-reactive ketones (excluding diaryl/α,β-unsaturated/α-hetero) is 1. The lowest BCUT2D eigenvalue weighted by atomic mass is 9.73. The largest absolute Gasteiger partial charge is 0.504 e. The number of anilines is 2. The molecule has 1 atom stereocenters. The minimum absolute atomic E-state index is 0.0575. The van der Waals surface area contributed by atoms with Crippen LogP contribution in [-0.2, 0) is 4.79 Å². The van der Waals surface area contributed by atoms with Gasteiger partial charge in [0, 0.05) is 28.8 Å². The van der Waals surface area contributed by atoms with E-state index in [0.29, 0.717) is 41.9 Å². The zero-order valence-electron chi connectivity index (χ0n) is 20.7. The van der Waals surface area contributed by atoms with Crippen LogP contribution in [0.25, 0.3) is 0 Å². The van der Waals surface area contributed by atoms with E-state index >= 15 is 0 Å². The molecular formula is C30H30N2O4. The summed E-state index contributed by atoms with van der Waals surface area (Å²) in [5.74, 6) is 0.451. The number of hydrogen-bond acceptors (Lipinski definition) is 6. The number of phenols is 1. The van der Waals surface area contributed by atoms with E-state index in [1.54, 1.807) is 30.3 Å². The fourth-order valence-electron chi connectivity index (χ4n) is 5.07. The van der Waals surface area contributed by atoms with Gasteiger partial charge in [-0.2, -0.15) is 0 Å². The summed E-state index contributed by atoms with van der Waals surface area (Å²) in [5, 5.41) is 17.3. The van der Waals surface area contributed by atoms with E-state index in [9.17, 15) is 14.7 Å². The summed E-state index contributed by atoms with van der Waals surface area (Å²) in [7, 11) is 0. The highest BCUT2D eigenvalue weighted by atomic mass is 16.5. The Morgan fingerprint density at radius 1 is 1.00 bits per heavy atom. The molecule has 0 aromatic heterocycles. The molecule has 3 aromatic rings. The lowest BCUT2D eigenvalue weighted by molar-refractivity contribution is -0.118. The summed E-state index contributed by atoms with van der Waals surface area (Å²) < 4.78 is 5.62. The Balaban J connectivity index is 1.61. The number of allylic oxidation sites excluding steroid dienone is 1. The van der Waals surface area contributed by atoms with Crippen molar-refractivity contribution < 1.29 is 19.4 Å². The maximum Gasteiger partial charge on any atom is 0.193 e. The number of rotatable bonds is 5. The third-order valence-corrected chi connectivity index (χ3v) is 6.73. The van der Waals surface area contributed by atoms with Crippen LogP contribution in [0.1, 0.15) is 61.1 Å². The molecule has 36 heavy (non-hydrogen) atoms. The SMILES string of the molecule is CCOc1cc(C2Nc3ccc(C(=O)c4ccccc4)cc3NC3=C2C(=O)CC(C)(C)C3)ccc1O. The Labute approximate surface area is 211 Å². The summed E-state index contributed by atoms with van der Waals surface area (Å²) in [4.78, 5) is 26.6. The molecule has 0 radical (unpaired) electrons. The molecule has 2 aliphatic rings. The first kappa shape index (κ1) is 23.7. The number of nitrogens with one attached hydrogen (secondary N) is 2. The lowest BCUT2D eigenvalue weighted by Crippen LogP contribution is -2.31. The molecule has 0 bridgehead atoms. The van der Waals surface area contributed by atoms with Gasteiger partial charge >= 0.3 is 0 Å². The molecule has 5 rings (SSSR count). The Bertz CT molecular complexity index is 1370. The Morgan fingerprint density at radius 3 is 2.53 bits per heavy atom. The number of phenolic OH excluding ortho intramolecular Hbond substituents is 1. The normalized spacial score (nSPS) is 18.3. The van der Waals surface area contributed by atoms with Gasteiger partial charge in [-0.1, -0.05) is 50.2 Å². The molecule has 1 aliphatic carbocycles. The second kappa shape index (κ2) is 9.19. The van der Waals surface area contributed by atoms with Crippen molar-refractivity contribution in [3.8, 4) is 11.5 Å². The number of benzene rings is 3. The van der Waals surface area contributed by atoms with Gasteiger partial charge in [-0.05, 0) is 54.7 Å². The molecule has 1 unspecified atom stereocenters. The molecule has 6 heteroatoms. The molecule has 3 N–H and O–H groups in total. The lowest BCUT2D eigenvalue weighted by Gasteiger charge is -2.34. The molecule has 3 aromatic carbocycles. The van der Waals surface area contributed by atoms with Crippen LogP contribution >= 0.6 is 0 Å². The Morgan fingerprint density at radius 2 is 1.78 bits per heavy atom. The molecule has 0 amide bonds. The third kappa shape index (κ3) is 4.47. The topological polar surface area (TPSA) is 87.7 Å². The molecular weight excluding hydrogens is 452 g/mol. The second-order valence-corrected chi connectivity index (χ2v) is 10.2. The predicted molar refractivity (Wildman–Crippen MR) is 141 cm³/mol. The highest BCUT2D eigenvalue weighted by Crippen LogP contribution is 2.46. The fourth-order valence-corrected chi connectivity index (χ4v) is 5.07. The van der Waals surface area contributed by atoms with E-state index in [-0.39, 0.29) is 22.7 Å². The van der Waals surface area contributed by atoms with Crippen LogP contribution in [0.3, 0.4) is 0 Å². The summed E-state index contributed by atoms with van der Waals surface area (Å²) in [5.41, 5.74) is 4.88. The van der Waals surface area contributed by atoms with Crippen LogP contribution in [0.4, 0.5) is 11.4 Å². The highest BCUT2D eigenvalue weighted by Gasteiger charge is 2.39. The number of carbonyl (C=O) groups is 2. The first-order valence-corrected chi connectivity index (χ1v) is 12.2. The van der Waals surface area contributed by atoms with Crippen molar-refractivity contribution in [2.45, 2.75) is 39.7 Å². The number of ketones is 2.